The fraction of sp³-hybridized carbons (Fsp3) is 0.300. The Hall–Kier alpha value is -1.26. The van der Waals surface area contributed by atoms with E-state index in [2.05, 4.69) is 85.8 Å². The van der Waals surface area contributed by atoms with Crippen molar-refractivity contribution in [3.05, 3.63) is 51.4 Å². The van der Waals surface area contributed by atoms with E-state index in [1.165, 1.54) is 35.9 Å². The number of unbranched alkanes of at least 4 members (excludes halogenated alkanes) is 2. The van der Waals surface area contributed by atoms with Gasteiger partial charge in [-0.05, 0) is 48.9 Å². The number of aromatic nitrogens is 1. The van der Waals surface area contributed by atoms with Crippen molar-refractivity contribution in [2.75, 3.05) is 0 Å². The molecular formula is C20H19Br2NO. The number of rotatable bonds is 4. The minimum atomic E-state index is 0.0621. The summed E-state index contributed by atoms with van der Waals surface area (Å²) < 4.78 is 10.9. The molecule has 1 aromatic heterocycles. The molecule has 0 bridgehead atoms. The molecule has 1 aliphatic heterocycles. The van der Waals surface area contributed by atoms with Crippen molar-refractivity contribution in [3.8, 4) is 17.0 Å². The first-order valence-corrected chi connectivity index (χ1v) is 10.0. The van der Waals surface area contributed by atoms with E-state index in [0.29, 0.717) is 0 Å². The van der Waals surface area contributed by atoms with Crippen LogP contribution in [0.3, 0.4) is 0 Å². The predicted octanol–water partition coefficient (Wildman–Crippen LogP) is 7.30. The molecule has 0 fully saturated rings. The number of fused-ring (bicyclic) bond motifs is 5. The highest BCUT2D eigenvalue weighted by molar-refractivity contribution is 9.10. The van der Waals surface area contributed by atoms with Gasteiger partial charge in [-0.3, -0.25) is 0 Å². The summed E-state index contributed by atoms with van der Waals surface area (Å²) in [4.78, 5) is 0. The Labute approximate surface area is 159 Å². The summed E-state index contributed by atoms with van der Waals surface area (Å²) in [5.74, 6) is 0.972. The van der Waals surface area contributed by atoms with Gasteiger partial charge in [-0.1, -0.05) is 51.6 Å². The monoisotopic (exact) mass is 447 g/mol. The van der Waals surface area contributed by atoms with Crippen molar-refractivity contribution in [2.24, 2.45) is 0 Å². The van der Waals surface area contributed by atoms with Gasteiger partial charge in [0.1, 0.15) is 5.75 Å². The maximum absolute atomic E-state index is 6.40. The molecule has 0 radical (unpaired) electrons. The van der Waals surface area contributed by atoms with Gasteiger partial charge in [0.2, 0.25) is 0 Å². The van der Waals surface area contributed by atoms with Crippen LogP contribution in [0.15, 0.2) is 51.4 Å². The average molecular weight is 449 g/mol. The van der Waals surface area contributed by atoms with Gasteiger partial charge in [-0.2, -0.15) is 0 Å². The molecular weight excluding hydrogens is 430 g/mol. The molecule has 0 N–H and O–H groups in total. The second-order valence-electron chi connectivity index (χ2n) is 6.31. The highest BCUT2D eigenvalue weighted by atomic mass is 79.9. The van der Waals surface area contributed by atoms with Crippen LogP contribution in [0, 0.1) is 0 Å². The number of hydrogen-bond donors (Lipinski definition) is 0. The molecule has 0 saturated carbocycles. The van der Waals surface area contributed by atoms with Gasteiger partial charge in [0.25, 0.3) is 0 Å². The standard InChI is InChI=1S/C20H19Br2NO/c1-2-3-4-5-20-23-17-9-7-14(21)10-13(17)11-18(23)16-8-6-15(22)12-19(16)24-20/h6-12,20H,2-5H2,1H3/t20-/m0/s1. The van der Waals surface area contributed by atoms with Gasteiger partial charge in [0, 0.05) is 26.3 Å². The molecule has 4 rings (SSSR count). The van der Waals surface area contributed by atoms with Crippen molar-refractivity contribution < 1.29 is 4.74 Å². The second-order valence-corrected chi connectivity index (χ2v) is 8.14. The quantitative estimate of drug-likeness (QED) is 0.381. The molecule has 0 saturated heterocycles. The minimum Gasteiger partial charge on any atom is -0.469 e. The Bertz CT molecular complexity index is 900. The number of halogens is 2. The Morgan fingerprint density at radius 1 is 1.00 bits per heavy atom. The Morgan fingerprint density at radius 2 is 1.79 bits per heavy atom. The number of nitrogens with zero attached hydrogens (tertiary/aromatic N) is 1. The molecule has 1 atom stereocenters. The Kier molecular flexibility index (Phi) is 4.44. The lowest BCUT2D eigenvalue weighted by molar-refractivity contribution is 0.118. The second kappa shape index (κ2) is 6.57. The van der Waals surface area contributed by atoms with Crippen molar-refractivity contribution >= 4 is 42.8 Å². The van der Waals surface area contributed by atoms with E-state index >= 15 is 0 Å². The molecule has 0 amide bonds. The van der Waals surface area contributed by atoms with Crippen molar-refractivity contribution in [1.82, 2.24) is 4.57 Å². The zero-order chi connectivity index (χ0) is 16.7. The Morgan fingerprint density at radius 3 is 2.62 bits per heavy atom. The molecule has 24 heavy (non-hydrogen) atoms. The number of ether oxygens (including phenoxy) is 1. The number of benzene rings is 2. The summed E-state index contributed by atoms with van der Waals surface area (Å²) in [5.41, 5.74) is 3.65. The van der Waals surface area contributed by atoms with E-state index in [1.54, 1.807) is 0 Å². The smallest absolute Gasteiger partial charge is 0.176 e. The Balaban J connectivity index is 1.88. The average Bonchev–Trinajstić information content (AvgIpc) is 2.93. The van der Waals surface area contributed by atoms with Gasteiger partial charge in [0.05, 0.1) is 11.2 Å². The van der Waals surface area contributed by atoms with Crippen LogP contribution >= 0.6 is 31.9 Å². The molecule has 0 spiro atoms. The lowest BCUT2D eigenvalue weighted by atomic mass is 10.1. The highest BCUT2D eigenvalue weighted by Gasteiger charge is 2.27. The summed E-state index contributed by atoms with van der Waals surface area (Å²) >= 11 is 7.15. The first-order chi connectivity index (χ1) is 11.7. The SMILES string of the molecule is CCCCC[C@@H]1Oc2cc(Br)ccc2-c2cc3cc(Br)ccc3n21. The maximum Gasteiger partial charge on any atom is 0.176 e. The minimum absolute atomic E-state index is 0.0621. The van der Waals surface area contributed by atoms with E-state index < -0.39 is 0 Å². The molecule has 3 aromatic rings. The van der Waals surface area contributed by atoms with Crippen LogP contribution in [0.5, 0.6) is 5.75 Å². The normalized spacial score (nSPS) is 15.9. The molecule has 124 valence electrons. The maximum atomic E-state index is 6.40. The van der Waals surface area contributed by atoms with Crippen LogP contribution in [-0.2, 0) is 0 Å². The fourth-order valence-corrected chi connectivity index (χ4v) is 4.21. The zero-order valence-electron chi connectivity index (χ0n) is 13.6. The van der Waals surface area contributed by atoms with E-state index in [0.717, 1.165) is 26.7 Å². The molecule has 4 heteroatoms. The van der Waals surface area contributed by atoms with Gasteiger partial charge in [-0.25, -0.2) is 0 Å². The summed E-state index contributed by atoms with van der Waals surface area (Å²) in [7, 11) is 0. The largest absolute Gasteiger partial charge is 0.469 e. The molecule has 2 aromatic carbocycles. The lowest BCUT2D eigenvalue weighted by Gasteiger charge is -2.30. The third-order valence-electron chi connectivity index (χ3n) is 4.63. The van der Waals surface area contributed by atoms with E-state index in [4.69, 9.17) is 4.74 Å². The molecule has 0 aliphatic carbocycles. The summed E-state index contributed by atoms with van der Waals surface area (Å²) in [6.07, 6.45) is 4.74. The van der Waals surface area contributed by atoms with Gasteiger partial charge in [-0.15, -0.1) is 0 Å². The summed E-state index contributed by atoms with van der Waals surface area (Å²) in [6, 6.07) is 15.1. The van der Waals surface area contributed by atoms with Crippen molar-refractivity contribution in [2.45, 2.75) is 38.8 Å². The third kappa shape index (κ3) is 2.80. The first kappa shape index (κ1) is 16.2. The van der Waals surface area contributed by atoms with Crippen LogP contribution in [0.4, 0.5) is 0 Å². The third-order valence-corrected chi connectivity index (χ3v) is 5.61. The van der Waals surface area contributed by atoms with Gasteiger partial charge in [0.15, 0.2) is 6.23 Å². The van der Waals surface area contributed by atoms with Crippen LogP contribution in [0.2, 0.25) is 0 Å². The van der Waals surface area contributed by atoms with Crippen LogP contribution in [0.1, 0.15) is 38.8 Å². The molecule has 2 nitrogen and oxygen atoms in total. The zero-order valence-corrected chi connectivity index (χ0v) is 16.7. The topological polar surface area (TPSA) is 14.2 Å². The van der Waals surface area contributed by atoms with Crippen LogP contribution in [0.25, 0.3) is 22.2 Å². The van der Waals surface area contributed by atoms with Crippen LogP contribution < -0.4 is 4.74 Å². The summed E-state index contributed by atoms with van der Waals surface area (Å²) in [5, 5.41) is 1.25. The van der Waals surface area contributed by atoms with Crippen LogP contribution in [-0.4, -0.2) is 4.57 Å². The number of hydrogen-bond acceptors (Lipinski definition) is 1. The lowest BCUT2D eigenvalue weighted by Crippen LogP contribution is -2.21. The van der Waals surface area contributed by atoms with E-state index in [1.807, 2.05) is 0 Å². The summed E-state index contributed by atoms with van der Waals surface area (Å²) in [6.45, 7) is 2.24. The fourth-order valence-electron chi connectivity index (χ4n) is 3.49. The molecule has 0 unspecified atom stereocenters. The van der Waals surface area contributed by atoms with Gasteiger partial charge >= 0.3 is 0 Å². The molecule has 1 aliphatic rings. The highest BCUT2D eigenvalue weighted by Crippen LogP contribution is 2.44. The first-order valence-electron chi connectivity index (χ1n) is 8.44. The van der Waals surface area contributed by atoms with Gasteiger partial charge < -0.3 is 9.30 Å². The van der Waals surface area contributed by atoms with Crippen molar-refractivity contribution in [3.63, 3.8) is 0 Å². The van der Waals surface area contributed by atoms with E-state index in [-0.39, 0.29) is 6.23 Å². The van der Waals surface area contributed by atoms with Crippen molar-refractivity contribution in [1.29, 1.82) is 0 Å². The van der Waals surface area contributed by atoms with E-state index in [9.17, 15) is 0 Å². The molecule has 2 heterocycles. The predicted molar refractivity (Wildman–Crippen MR) is 107 cm³/mol.